The molecule has 1 fully saturated rings. The lowest BCUT2D eigenvalue weighted by Gasteiger charge is -2.28. The highest BCUT2D eigenvalue weighted by atomic mass is 35.5. The molecular weight excluding hydrogens is 337 g/mol. The molecule has 2 aliphatic heterocycles. The summed E-state index contributed by atoms with van der Waals surface area (Å²) in [6, 6.07) is 4.18. The van der Waals surface area contributed by atoms with Gasteiger partial charge < -0.3 is 10.1 Å². The molecule has 2 aliphatic rings. The number of ether oxygens (including phenoxy) is 1. The standard InChI is InChI=1S/C14H15ClF2N2O2.ClH/c15-9-3-1-2-8-10(4-5-21-12(8)9)19-13(20)11-6-14(16,17)7-18-11;/h1-3,10-11,18H,4-7H2,(H,19,20);1H. The molecule has 2 unspecified atom stereocenters. The molecule has 0 radical (unpaired) electrons. The quantitative estimate of drug-likeness (QED) is 0.860. The second kappa shape index (κ2) is 6.56. The largest absolute Gasteiger partial charge is 0.492 e. The Bertz CT molecular complexity index is 572. The molecule has 0 bridgehead atoms. The zero-order valence-corrected chi connectivity index (χ0v) is 13.1. The number of rotatable bonds is 2. The van der Waals surface area contributed by atoms with Gasteiger partial charge in [0.15, 0.2) is 0 Å². The summed E-state index contributed by atoms with van der Waals surface area (Å²) >= 11 is 6.06. The van der Waals surface area contributed by atoms with Crippen molar-refractivity contribution in [1.82, 2.24) is 10.6 Å². The highest BCUT2D eigenvalue weighted by Crippen LogP contribution is 2.37. The molecule has 122 valence electrons. The van der Waals surface area contributed by atoms with Gasteiger partial charge in [-0.25, -0.2) is 8.78 Å². The number of hydrogen-bond acceptors (Lipinski definition) is 3. The molecule has 1 saturated heterocycles. The number of benzene rings is 1. The maximum absolute atomic E-state index is 13.1. The summed E-state index contributed by atoms with van der Waals surface area (Å²) in [4.78, 5) is 12.1. The maximum atomic E-state index is 13.1. The molecule has 0 aliphatic carbocycles. The topological polar surface area (TPSA) is 50.4 Å². The van der Waals surface area contributed by atoms with Crippen LogP contribution in [0.2, 0.25) is 5.02 Å². The number of halogens is 4. The summed E-state index contributed by atoms with van der Waals surface area (Å²) < 4.78 is 31.8. The van der Waals surface area contributed by atoms with Gasteiger partial charge in [-0.2, -0.15) is 0 Å². The number of amides is 1. The number of alkyl halides is 2. The van der Waals surface area contributed by atoms with Crippen LogP contribution < -0.4 is 15.4 Å². The van der Waals surface area contributed by atoms with E-state index in [1.165, 1.54) is 0 Å². The Morgan fingerprint density at radius 2 is 2.23 bits per heavy atom. The Morgan fingerprint density at radius 3 is 2.91 bits per heavy atom. The smallest absolute Gasteiger partial charge is 0.262 e. The van der Waals surface area contributed by atoms with Crippen molar-refractivity contribution in [1.29, 1.82) is 0 Å². The highest BCUT2D eigenvalue weighted by molar-refractivity contribution is 6.32. The number of carbonyl (C=O) groups is 1. The van der Waals surface area contributed by atoms with Crippen LogP contribution in [0.5, 0.6) is 5.75 Å². The van der Waals surface area contributed by atoms with E-state index in [0.29, 0.717) is 23.8 Å². The molecule has 1 aromatic carbocycles. The molecule has 2 N–H and O–H groups in total. The summed E-state index contributed by atoms with van der Waals surface area (Å²) in [5.41, 5.74) is 0.784. The van der Waals surface area contributed by atoms with Gasteiger partial charge in [-0.3, -0.25) is 10.1 Å². The molecule has 2 atom stereocenters. The zero-order valence-electron chi connectivity index (χ0n) is 11.6. The lowest BCUT2D eigenvalue weighted by Crippen LogP contribution is -2.43. The minimum Gasteiger partial charge on any atom is -0.492 e. The first-order valence-corrected chi connectivity index (χ1v) is 7.17. The zero-order chi connectivity index (χ0) is 15.0. The molecule has 1 amide bonds. The van der Waals surface area contributed by atoms with E-state index < -0.39 is 30.8 Å². The Hall–Kier alpha value is -1.11. The molecule has 3 rings (SSSR count). The van der Waals surface area contributed by atoms with E-state index in [0.717, 1.165) is 5.56 Å². The van der Waals surface area contributed by atoms with Crippen LogP contribution in [0, 0.1) is 0 Å². The second-order valence-electron chi connectivity index (χ2n) is 5.35. The first-order valence-electron chi connectivity index (χ1n) is 6.79. The molecule has 4 nitrogen and oxygen atoms in total. The van der Waals surface area contributed by atoms with Crippen molar-refractivity contribution in [3.63, 3.8) is 0 Å². The van der Waals surface area contributed by atoms with Gasteiger partial charge in [-0.15, -0.1) is 12.4 Å². The van der Waals surface area contributed by atoms with E-state index in [1.54, 1.807) is 12.1 Å². The lowest BCUT2D eigenvalue weighted by molar-refractivity contribution is -0.124. The van der Waals surface area contributed by atoms with Crippen molar-refractivity contribution in [2.45, 2.75) is 30.8 Å². The third kappa shape index (κ3) is 3.45. The molecule has 0 spiro atoms. The predicted molar refractivity (Wildman–Crippen MR) is 81.1 cm³/mol. The summed E-state index contributed by atoms with van der Waals surface area (Å²) in [5.74, 6) is -2.68. The third-order valence-electron chi connectivity index (χ3n) is 3.77. The Labute approximate surface area is 138 Å². The molecule has 1 aromatic rings. The van der Waals surface area contributed by atoms with Crippen LogP contribution >= 0.6 is 24.0 Å². The molecular formula is C14H16Cl2F2N2O2. The fraction of sp³-hybridized carbons (Fsp3) is 0.500. The normalized spacial score (nSPS) is 25.6. The summed E-state index contributed by atoms with van der Waals surface area (Å²) in [6.45, 7) is -0.0305. The van der Waals surface area contributed by atoms with Crippen LogP contribution in [0.3, 0.4) is 0 Å². The average Bonchev–Trinajstić information content (AvgIpc) is 2.80. The molecule has 8 heteroatoms. The van der Waals surface area contributed by atoms with Crippen molar-refractivity contribution in [3.05, 3.63) is 28.8 Å². The minimum absolute atomic E-state index is 0. The number of fused-ring (bicyclic) bond motifs is 1. The van der Waals surface area contributed by atoms with Crippen molar-refractivity contribution >= 4 is 29.9 Å². The van der Waals surface area contributed by atoms with Crippen LogP contribution in [-0.2, 0) is 4.79 Å². The van der Waals surface area contributed by atoms with Crippen LogP contribution in [0.15, 0.2) is 18.2 Å². The van der Waals surface area contributed by atoms with E-state index >= 15 is 0 Å². The molecule has 2 heterocycles. The Balaban J connectivity index is 0.00000176. The van der Waals surface area contributed by atoms with Gasteiger partial charge in [-0.05, 0) is 6.07 Å². The second-order valence-corrected chi connectivity index (χ2v) is 5.76. The first-order chi connectivity index (χ1) is 9.96. The SMILES string of the molecule is Cl.O=C(NC1CCOc2c(Cl)cccc21)C1CC(F)(F)CN1. The number of nitrogens with one attached hydrogen (secondary N) is 2. The highest BCUT2D eigenvalue weighted by Gasteiger charge is 2.42. The van der Waals surface area contributed by atoms with Gasteiger partial charge >= 0.3 is 0 Å². The van der Waals surface area contributed by atoms with E-state index in [1.807, 2.05) is 6.07 Å². The molecule has 0 saturated carbocycles. The van der Waals surface area contributed by atoms with Gasteiger partial charge in [0.25, 0.3) is 5.92 Å². The van der Waals surface area contributed by atoms with Crippen LogP contribution in [0.25, 0.3) is 0 Å². The van der Waals surface area contributed by atoms with E-state index in [-0.39, 0.29) is 18.4 Å². The van der Waals surface area contributed by atoms with Crippen molar-refractivity contribution < 1.29 is 18.3 Å². The molecule has 22 heavy (non-hydrogen) atoms. The molecule has 0 aromatic heterocycles. The number of hydrogen-bond donors (Lipinski definition) is 2. The van der Waals surface area contributed by atoms with E-state index in [2.05, 4.69) is 10.6 Å². The maximum Gasteiger partial charge on any atom is 0.262 e. The van der Waals surface area contributed by atoms with Gasteiger partial charge in [0.05, 0.1) is 30.3 Å². The number of para-hydroxylation sites is 1. The lowest BCUT2D eigenvalue weighted by atomic mass is 10.00. The summed E-state index contributed by atoms with van der Waals surface area (Å²) in [7, 11) is 0. The Kier molecular flexibility index (Phi) is 5.14. The monoisotopic (exact) mass is 352 g/mol. The third-order valence-corrected chi connectivity index (χ3v) is 4.07. The van der Waals surface area contributed by atoms with Gasteiger partial charge in [0, 0.05) is 18.4 Å². The van der Waals surface area contributed by atoms with Crippen LogP contribution in [0.4, 0.5) is 8.78 Å². The van der Waals surface area contributed by atoms with Crippen LogP contribution in [-0.4, -0.2) is 31.0 Å². The number of carbonyl (C=O) groups excluding carboxylic acids is 1. The fourth-order valence-electron chi connectivity index (χ4n) is 2.71. The average molecular weight is 353 g/mol. The van der Waals surface area contributed by atoms with Crippen LogP contribution in [0.1, 0.15) is 24.4 Å². The van der Waals surface area contributed by atoms with Crippen molar-refractivity contribution in [2.75, 3.05) is 13.2 Å². The van der Waals surface area contributed by atoms with E-state index in [9.17, 15) is 13.6 Å². The minimum atomic E-state index is -2.82. The summed E-state index contributed by atoms with van der Waals surface area (Å²) in [5, 5.41) is 5.84. The van der Waals surface area contributed by atoms with Gasteiger partial charge in [-0.1, -0.05) is 23.7 Å². The summed E-state index contributed by atoms with van der Waals surface area (Å²) in [6.07, 6.45) is 0.118. The van der Waals surface area contributed by atoms with Gasteiger partial charge in [0.2, 0.25) is 5.91 Å². The van der Waals surface area contributed by atoms with Crippen molar-refractivity contribution in [2.24, 2.45) is 0 Å². The predicted octanol–water partition coefficient (Wildman–Crippen LogP) is 2.70. The Morgan fingerprint density at radius 1 is 1.45 bits per heavy atom. The van der Waals surface area contributed by atoms with E-state index in [4.69, 9.17) is 16.3 Å². The fourth-order valence-corrected chi connectivity index (χ4v) is 2.95. The van der Waals surface area contributed by atoms with Gasteiger partial charge in [0.1, 0.15) is 5.75 Å². The van der Waals surface area contributed by atoms with Crippen molar-refractivity contribution in [3.8, 4) is 5.75 Å². The first kappa shape index (κ1) is 17.2.